The molecule has 0 aliphatic heterocycles. The fourth-order valence-corrected chi connectivity index (χ4v) is 1.36. The van der Waals surface area contributed by atoms with Gasteiger partial charge >= 0.3 is 12.0 Å². The average Bonchev–Trinajstić information content (AvgIpc) is 2.13. The van der Waals surface area contributed by atoms with Gasteiger partial charge in [-0.1, -0.05) is 20.8 Å². The van der Waals surface area contributed by atoms with Crippen molar-refractivity contribution in [3.05, 3.63) is 0 Å². The van der Waals surface area contributed by atoms with Crippen LogP contribution in [0.3, 0.4) is 0 Å². The number of nitrogens with zero attached hydrogens (tertiary/aromatic N) is 1. The minimum Gasteiger partial charge on any atom is -0.480 e. The quantitative estimate of drug-likeness (QED) is 0.724. The van der Waals surface area contributed by atoms with Crippen LogP contribution >= 0.6 is 0 Å². The molecule has 0 fully saturated rings. The molecule has 1 atom stereocenters. The molecule has 1 unspecified atom stereocenters. The zero-order chi connectivity index (χ0) is 13.6. The number of carboxylic acids is 1. The fraction of sp³-hybridized carbons (Fsp3) is 0.667. The van der Waals surface area contributed by atoms with Crippen molar-refractivity contribution in [3.63, 3.8) is 0 Å². The van der Waals surface area contributed by atoms with Gasteiger partial charge in [0.05, 0.1) is 0 Å². The molecule has 0 heterocycles. The smallest absolute Gasteiger partial charge is 0.327 e. The summed E-state index contributed by atoms with van der Waals surface area (Å²) >= 11 is 0. The molecule has 0 radical (unpaired) electrons. The number of amides is 2. The van der Waals surface area contributed by atoms with Crippen LogP contribution in [-0.4, -0.2) is 41.6 Å². The third-order valence-electron chi connectivity index (χ3n) is 1.98. The number of carbonyl (C=O) groups excluding carboxylic acids is 1. The Hall–Kier alpha value is -1.70. The number of hydrogen-bond acceptors (Lipinski definition) is 2. The maximum absolute atomic E-state index is 11.7. The van der Waals surface area contributed by atoms with Crippen LogP contribution in [0.1, 0.15) is 27.2 Å². The van der Waals surface area contributed by atoms with Crippen LogP contribution in [0.2, 0.25) is 0 Å². The average molecular weight is 240 g/mol. The van der Waals surface area contributed by atoms with Gasteiger partial charge in [-0.2, -0.15) is 0 Å². The third kappa shape index (κ3) is 6.46. The summed E-state index contributed by atoms with van der Waals surface area (Å²) in [6.07, 6.45) is 5.02. The molecule has 0 aromatic carbocycles. The monoisotopic (exact) mass is 240 g/mol. The second-order valence-corrected chi connectivity index (χ2v) is 5.17. The minimum absolute atomic E-state index is 0.0234. The SMILES string of the molecule is C#CCC(NC(=O)N(C)CC(C)(C)C)C(=O)O. The normalized spacial score (nSPS) is 12.4. The van der Waals surface area contributed by atoms with Crippen molar-refractivity contribution < 1.29 is 14.7 Å². The van der Waals surface area contributed by atoms with Crippen molar-refractivity contribution in [2.24, 2.45) is 5.41 Å². The van der Waals surface area contributed by atoms with Crippen molar-refractivity contribution in [3.8, 4) is 12.3 Å². The maximum atomic E-state index is 11.7. The van der Waals surface area contributed by atoms with Crippen LogP contribution in [0.5, 0.6) is 0 Å². The molecular weight excluding hydrogens is 220 g/mol. The Kier molecular flexibility index (Phi) is 5.52. The zero-order valence-corrected chi connectivity index (χ0v) is 10.8. The van der Waals surface area contributed by atoms with Gasteiger partial charge in [0.2, 0.25) is 0 Å². The van der Waals surface area contributed by atoms with Gasteiger partial charge in [0, 0.05) is 20.0 Å². The van der Waals surface area contributed by atoms with Crippen molar-refractivity contribution in [1.29, 1.82) is 0 Å². The lowest BCUT2D eigenvalue weighted by atomic mass is 9.96. The van der Waals surface area contributed by atoms with Gasteiger partial charge in [0.15, 0.2) is 0 Å². The minimum atomic E-state index is -1.12. The van der Waals surface area contributed by atoms with E-state index in [4.69, 9.17) is 11.5 Å². The van der Waals surface area contributed by atoms with E-state index in [1.54, 1.807) is 7.05 Å². The first-order chi connectivity index (χ1) is 7.67. The molecule has 17 heavy (non-hydrogen) atoms. The number of terminal acetylenes is 1. The van der Waals surface area contributed by atoms with Crippen LogP contribution < -0.4 is 5.32 Å². The molecule has 0 saturated carbocycles. The summed E-state index contributed by atoms with van der Waals surface area (Å²) in [5, 5.41) is 11.2. The van der Waals surface area contributed by atoms with E-state index in [-0.39, 0.29) is 11.8 Å². The molecule has 2 N–H and O–H groups in total. The Bertz CT molecular complexity index is 326. The topological polar surface area (TPSA) is 69.6 Å². The van der Waals surface area contributed by atoms with Crippen LogP contribution in [-0.2, 0) is 4.79 Å². The van der Waals surface area contributed by atoms with Gasteiger partial charge in [0.25, 0.3) is 0 Å². The number of aliphatic carboxylic acids is 1. The van der Waals surface area contributed by atoms with Crippen molar-refractivity contribution in [2.45, 2.75) is 33.2 Å². The molecule has 0 aliphatic rings. The molecule has 0 aromatic rings. The van der Waals surface area contributed by atoms with E-state index in [0.29, 0.717) is 6.54 Å². The largest absolute Gasteiger partial charge is 0.480 e. The van der Waals surface area contributed by atoms with E-state index in [2.05, 4.69) is 11.2 Å². The lowest BCUT2D eigenvalue weighted by molar-refractivity contribution is -0.139. The van der Waals surface area contributed by atoms with Gasteiger partial charge < -0.3 is 15.3 Å². The van der Waals surface area contributed by atoms with Crippen LogP contribution in [0.4, 0.5) is 4.79 Å². The molecule has 0 spiro atoms. The summed E-state index contributed by atoms with van der Waals surface area (Å²) in [5.74, 6) is 1.10. The first kappa shape index (κ1) is 15.3. The van der Waals surface area contributed by atoms with Gasteiger partial charge in [-0.05, 0) is 5.41 Å². The molecule has 5 heteroatoms. The van der Waals surface area contributed by atoms with Crippen LogP contribution in [0.25, 0.3) is 0 Å². The summed E-state index contributed by atoms with van der Waals surface area (Å²) in [5.41, 5.74) is -0.0447. The van der Waals surface area contributed by atoms with Crippen molar-refractivity contribution in [1.82, 2.24) is 10.2 Å². The molecule has 0 aromatic heterocycles. The molecule has 0 bridgehead atoms. The highest BCUT2D eigenvalue weighted by molar-refractivity contribution is 5.82. The van der Waals surface area contributed by atoms with Crippen LogP contribution in [0.15, 0.2) is 0 Å². The summed E-state index contributed by atoms with van der Waals surface area (Å²) in [6.45, 7) is 6.51. The number of rotatable bonds is 4. The van der Waals surface area contributed by atoms with Gasteiger partial charge in [-0.3, -0.25) is 0 Å². The van der Waals surface area contributed by atoms with Gasteiger partial charge in [0.1, 0.15) is 6.04 Å². The summed E-state index contributed by atoms with van der Waals surface area (Å²) in [4.78, 5) is 23.9. The molecule has 2 amide bonds. The van der Waals surface area contributed by atoms with Gasteiger partial charge in [-0.15, -0.1) is 12.3 Å². The zero-order valence-electron chi connectivity index (χ0n) is 10.8. The Morgan fingerprint density at radius 3 is 2.35 bits per heavy atom. The summed E-state index contributed by atoms with van der Waals surface area (Å²) < 4.78 is 0. The molecule has 0 aliphatic carbocycles. The maximum Gasteiger partial charge on any atom is 0.327 e. The highest BCUT2D eigenvalue weighted by Crippen LogP contribution is 2.14. The van der Waals surface area contributed by atoms with Crippen LogP contribution in [0, 0.1) is 17.8 Å². The third-order valence-corrected chi connectivity index (χ3v) is 1.98. The summed E-state index contributed by atoms with van der Waals surface area (Å²) in [7, 11) is 1.62. The number of nitrogens with one attached hydrogen (secondary N) is 1. The van der Waals surface area contributed by atoms with E-state index >= 15 is 0 Å². The van der Waals surface area contributed by atoms with Crippen molar-refractivity contribution in [2.75, 3.05) is 13.6 Å². The Balaban J connectivity index is 4.42. The second kappa shape index (κ2) is 6.14. The van der Waals surface area contributed by atoms with E-state index in [9.17, 15) is 9.59 Å². The number of urea groups is 1. The number of carbonyl (C=O) groups is 2. The highest BCUT2D eigenvalue weighted by atomic mass is 16.4. The first-order valence-corrected chi connectivity index (χ1v) is 5.35. The molecule has 0 saturated heterocycles. The Labute approximate surface area is 102 Å². The number of carboxylic acid groups (broad SMARTS) is 1. The molecule has 5 nitrogen and oxygen atoms in total. The van der Waals surface area contributed by atoms with E-state index < -0.39 is 18.0 Å². The molecular formula is C12H20N2O3. The predicted octanol–water partition coefficient (Wildman–Crippen LogP) is 1.15. The first-order valence-electron chi connectivity index (χ1n) is 5.35. The highest BCUT2D eigenvalue weighted by Gasteiger charge is 2.23. The summed E-state index contributed by atoms with van der Waals surface area (Å²) in [6, 6.07) is -1.46. The lowest BCUT2D eigenvalue weighted by Crippen LogP contribution is -2.48. The van der Waals surface area contributed by atoms with Gasteiger partial charge in [-0.25, -0.2) is 9.59 Å². The lowest BCUT2D eigenvalue weighted by Gasteiger charge is -2.27. The molecule has 96 valence electrons. The van der Waals surface area contributed by atoms with E-state index in [1.807, 2.05) is 20.8 Å². The predicted molar refractivity (Wildman–Crippen MR) is 65.5 cm³/mol. The van der Waals surface area contributed by atoms with E-state index in [0.717, 1.165) is 0 Å². The second-order valence-electron chi connectivity index (χ2n) is 5.17. The van der Waals surface area contributed by atoms with E-state index in [1.165, 1.54) is 4.90 Å². The molecule has 0 rings (SSSR count). The number of hydrogen-bond donors (Lipinski definition) is 2. The Morgan fingerprint density at radius 1 is 1.47 bits per heavy atom. The Morgan fingerprint density at radius 2 is 2.00 bits per heavy atom. The standard InChI is InChI=1S/C12H20N2O3/c1-6-7-9(10(15)16)13-11(17)14(5)8-12(2,3)4/h1,9H,7-8H2,2-5H3,(H,13,17)(H,15,16). The fourth-order valence-electron chi connectivity index (χ4n) is 1.36. The van der Waals surface area contributed by atoms with Crippen molar-refractivity contribution >= 4 is 12.0 Å².